The third-order valence-corrected chi connectivity index (χ3v) is 7.48. The molecule has 0 N–H and O–H groups in total. The minimum absolute atomic E-state index is 0.0764. The summed E-state index contributed by atoms with van der Waals surface area (Å²) in [6.45, 7) is 2.21. The van der Waals surface area contributed by atoms with Crippen LogP contribution in [0.2, 0.25) is 0 Å². The van der Waals surface area contributed by atoms with Gasteiger partial charge < -0.3 is 4.74 Å². The minimum Gasteiger partial charge on any atom is -0.497 e. The number of nitrogens with zero attached hydrogens (tertiary/aromatic N) is 2. The van der Waals surface area contributed by atoms with Gasteiger partial charge in [-0.2, -0.15) is 0 Å². The molecular formula is C22H26N2O2S2. The molecule has 0 bridgehead atoms. The Hall–Kier alpha value is -1.79. The molecule has 0 aliphatic heterocycles. The number of hydrogen-bond acceptors (Lipinski definition) is 5. The number of ether oxygens (including phenoxy) is 1. The smallest absolute Gasteiger partial charge is 0.267 e. The van der Waals surface area contributed by atoms with Crippen LogP contribution in [0, 0.1) is 0 Å². The molecule has 0 fully saturated rings. The molecule has 2 heterocycles. The summed E-state index contributed by atoms with van der Waals surface area (Å²) < 4.78 is 7.09. The maximum Gasteiger partial charge on any atom is 0.267 e. The Morgan fingerprint density at radius 1 is 1.18 bits per heavy atom. The van der Waals surface area contributed by atoms with E-state index in [1.165, 1.54) is 29.7 Å². The maximum absolute atomic E-state index is 13.6. The van der Waals surface area contributed by atoms with Gasteiger partial charge in [-0.1, -0.05) is 31.5 Å². The van der Waals surface area contributed by atoms with Crippen LogP contribution in [0.3, 0.4) is 0 Å². The van der Waals surface area contributed by atoms with Gasteiger partial charge in [-0.05, 0) is 61.9 Å². The molecule has 0 amide bonds. The second-order valence-electron chi connectivity index (χ2n) is 7.18. The Morgan fingerprint density at radius 3 is 2.71 bits per heavy atom. The van der Waals surface area contributed by atoms with Gasteiger partial charge in [0.2, 0.25) is 0 Å². The molecule has 1 aromatic carbocycles. The number of rotatable bonds is 7. The Bertz CT molecular complexity index is 1020. The molecule has 0 spiro atoms. The predicted molar refractivity (Wildman–Crippen MR) is 119 cm³/mol. The molecule has 0 saturated carbocycles. The van der Waals surface area contributed by atoms with Crippen molar-refractivity contribution >= 4 is 33.3 Å². The molecule has 28 heavy (non-hydrogen) atoms. The van der Waals surface area contributed by atoms with E-state index in [1.807, 2.05) is 24.3 Å². The molecule has 0 unspecified atom stereocenters. The van der Waals surface area contributed by atoms with E-state index in [2.05, 4.69) is 6.92 Å². The monoisotopic (exact) mass is 414 g/mol. The number of unbranched alkanes of at least 4 members (excludes halogenated alkanes) is 2. The van der Waals surface area contributed by atoms with Crippen molar-refractivity contribution in [2.24, 2.45) is 0 Å². The van der Waals surface area contributed by atoms with E-state index >= 15 is 0 Å². The van der Waals surface area contributed by atoms with Gasteiger partial charge in [-0.3, -0.25) is 9.36 Å². The lowest BCUT2D eigenvalue weighted by Crippen LogP contribution is -2.22. The van der Waals surface area contributed by atoms with Crippen molar-refractivity contribution in [3.63, 3.8) is 0 Å². The number of benzene rings is 1. The Kier molecular flexibility index (Phi) is 6.07. The highest BCUT2D eigenvalue weighted by atomic mass is 32.2. The van der Waals surface area contributed by atoms with Gasteiger partial charge in [-0.25, -0.2) is 4.98 Å². The van der Waals surface area contributed by atoms with Crippen molar-refractivity contribution in [3.05, 3.63) is 45.1 Å². The molecule has 6 heteroatoms. The Balaban J connectivity index is 1.85. The first kappa shape index (κ1) is 19.5. The predicted octanol–water partition coefficient (Wildman–Crippen LogP) is 5.62. The van der Waals surface area contributed by atoms with Crippen LogP contribution in [0.4, 0.5) is 0 Å². The number of hydrogen-bond donors (Lipinski definition) is 0. The average molecular weight is 415 g/mol. The summed E-state index contributed by atoms with van der Waals surface area (Å²) in [6, 6.07) is 7.70. The van der Waals surface area contributed by atoms with Crippen molar-refractivity contribution in [2.75, 3.05) is 12.9 Å². The topological polar surface area (TPSA) is 44.1 Å². The van der Waals surface area contributed by atoms with Crippen molar-refractivity contribution in [1.29, 1.82) is 0 Å². The number of methoxy groups -OCH3 is 1. The Morgan fingerprint density at radius 2 is 1.96 bits per heavy atom. The van der Waals surface area contributed by atoms with Crippen LogP contribution in [-0.4, -0.2) is 22.4 Å². The summed E-state index contributed by atoms with van der Waals surface area (Å²) in [5.74, 6) is 1.77. The second kappa shape index (κ2) is 8.70. The molecule has 0 atom stereocenters. The van der Waals surface area contributed by atoms with Gasteiger partial charge in [0.15, 0.2) is 5.16 Å². The van der Waals surface area contributed by atoms with Gasteiger partial charge >= 0.3 is 0 Å². The highest BCUT2D eigenvalue weighted by Gasteiger charge is 2.22. The van der Waals surface area contributed by atoms with E-state index in [4.69, 9.17) is 9.72 Å². The zero-order chi connectivity index (χ0) is 19.5. The number of thiophene rings is 1. The van der Waals surface area contributed by atoms with Crippen LogP contribution in [0.25, 0.3) is 15.9 Å². The molecule has 4 nitrogen and oxygen atoms in total. The van der Waals surface area contributed by atoms with Crippen LogP contribution in [-0.2, 0) is 12.8 Å². The number of aromatic nitrogens is 2. The van der Waals surface area contributed by atoms with Crippen LogP contribution < -0.4 is 10.3 Å². The average Bonchev–Trinajstić information content (AvgIpc) is 3.10. The second-order valence-corrected chi connectivity index (χ2v) is 9.33. The summed E-state index contributed by atoms with van der Waals surface area (Å²) in [6.07, 6.45) is 7.98. The highest BCUT2D eigenvalue weighted by molar-refractivity contribution is 7.99. The number of aryl methyl sites for hydroxylation is 2. The van der Waals surface area contributed by atoms with Gasteiger partial charge in [0, 0.05) is 10.6 Å². The van der Waals surface area contributed by atoms with Crippen LogP contribution >= 0.6 is 23.1 Å². The fraction of sp³-hybridized carbons (Fsp3) is 0.455. The molecule has 0 radical (unpaired) electrons. The fourth-order valence-corrected chi connectivity index (χ4v) is 6.07. The lowest BCUT2D eigenvalue weighted by atomic mass is 9.97. The lowest BCUT2D eigenvalue weighted by molar-refractivity contribution is 0.414. The van der Waals surface area contributed by atoms with Gasteiger partial charge in [0.25, 0.3) is 5.56 Å². The fourth-order valence-electron chi connectivity index (χ4n) is 3.76. The zero-order valence-corrected chi connectivity index (χ0v) is 18.1. The molecule has 0 saturated heterocycles. The van der Waals surface area contributed by atoms with Crippen molar-refractivity contribution in [1.82, 2.24) is 9.55 Å². The SMILES string of the molecule is CCCCCSc1nc2sc3c(c2c(=O)n1-c1ccc(OC)cc1)CCCC3. The van der Waals surface area contributed by atoms with Gasteiger partial charge in [0.1, 0.15) is 10.6 Å². The van der Waals surface area contributed by atoms with E-state index in [0.717, 1.165) is 58.2 Å². The molecule has 148 valence electrons. The summed E-state index contributed by atoms with van der Waals surface area (Å²) in [5, 5.41) is 1.64. The first-order chi connectivity index (χ1) is 13.7. The van der Waals surface area contributed by atoms with Crippen LogP contribution in [0.5, 0.6) is 5.75 Å². The molecule has 4 rings (SSSR count). The lowest BCUT2D eigenvalue weighted by Gasteiger charge is -2.14. The summed E-state index contributed by atoms with van der Waals surface area (Å²) >= 11 is 3.42. The Labute approximate surface area is 174 Å². The first-order valence-electron chi connectivity index (χ1n) is 10.1. The summed E-state index contributed by atoms with van der Waals surface area (Å²) in [5.41, 5.74) is 2.18. The normalized spacial score (nSPS) is 13.6. The van der Waals surface area contributed by atoms with Gasteiger partial charge in [0.05, 0.1) is 18.2 Å². The van der Waals surface area contributed by atoms with Crippen molar-refractivity contribution < 1.29 is 4.74 Å². The van der Waals surface area contributed by atoms with Crippen LogP contribution in [0.1, 0.15) is 49.5 Å². The van der Waals surface area contributed by atoms with E-state index in [9.17, 15) is 4.79 Å². The van der Waals surface area contributed by atoms with Gasteiger partial charge in [-0.15, -0.1) is 11.3 Å². The highest BCUT2D eigenvalue weighted by Crippen LogP contribution is 2.35. The molecule has 1 aliphatic rings. The summed E-state index contributed by atoms with van der Waals surface area (Å²) in [7, 11) is 1.65. The molecule has 1 aliphatic carbocycles. The standard InChI is InChI=1S/C22H26N2O2S2/c1-3-4-7-14-27-22-23-20-19(17-8-5-6-9-18(17)28-20)21(25)24(22)15-10-12-16(26-2)13-11-15/h10-13H,3-9,14H2,1-2H3. The molecule has 2 aromatic heterocycles. The van der Waals surface area contributed by atoms with E-state index in [0.29, 0.717) is 0 Å². The quantitative estimate of drug-likeness (QED) is 0.286. The number of fused-ring (bicyclic) bond motifs is 3. The van der Waals surface area contributed by atoms with E-state index in [-0.39, 0.29) is 5.56 Å². The number of thioether (sulfide) groups is 1. The van der Waals surface area contributed by atoms with Crippen molar-refractivity contribution in [2.45, 2.75) is 57.0 Å². The van der Waals surface area contributed by atoms with Crippen LogP contribution in [0.15, 0.2) is 34.2 Å². The van der Waals surface area contributed by atoms with E-state index < -0.39 is 0 Å². The third kappa shape index (κ3) is 3.72. The van der Waals surface area contributed by atoms with Crippen molar-refractivity contribution in [3.8, 4) is 11.4 Å². The molecular weight excluding hydrogens is 388 g/mol. The minimum atomic E-state index is 0.0764. The largest absolute Gasteiger partial charge is 0.497 e. The summed E-state index contributed by atoms with van der Waals surface area (Å²) in [4.78, 5) is 20.9. The van der Waals surface area contributed by atoms with E-state index in [1.54, 1.807) is 34.8 Å². The third-order valence-electron chi connectivity index (χ3n) is 5.27. The molecule has 3 aromatic rings. The zero-order valence-electron chi connectivity index (χ0n) is 16.5. The first-order valence-corrected chi connectivity index (χ1v) is 11.9. The maximum atomic E-state index is 13.6.